The standard InChI is InChI=1S/C15H17F2NS/c1-2-8-18-13(14-7-4-9-19-14)10-11-5-3-6-12(16)15(11)17/h3-7,9,13,18H,2,8,10H2,1H3. The maximum Gasteiger partial charge on any atom is 0.162 e. The SMILES string of the molecule is CCCNC(Cc1cccc(F)c1F)c1cccs1. The van der Waals surface area contributed by atoms with Gasteiger partial charge in [-0.25, -0.2) is 8.78 Å². The molecule has 0 fully saturated rings. The highest BCUT2D eigenvalue weighted by Crippen LogP contribution is 2.24. The van der Waals surface area contributed by atoms with Crippen molar-refractivity contribution in [1.29, 1.82) is 0 Å². The predicted molar refractivity (Wildman–Crippen MR) is 75.4 cm³/mol. The number of thiophene rings is 1. The lowest BCUT2D eigenvalue weighted by Crippen LogP contribution is -2.23. The molecule has 2 rings (SSSR count). The molecule has 0 aliphatic rings. The summed E-state index contributed by atoms with van der Waals surface area (Å²) in [6, 6.07) is 8.39. The summed E-state index contributed by atoms with van der Waals surface area (Å²) in [7, 11) is 0. The van der Waals surface area contributed by atoms with Gasteiger partial charge in [-0.05, 0) is 42.5 Å². The van der Waals surface area contributed by atoms with Crippen molar-refractivity contribution in [1.82, 2.24) is 5.32 Å². The molecule has 0 radical (unpaired) electrons. The van der Waals surface area contributed by atoms with Crippen molar-refractivity contribution >= 4 is 11.3 Å². The van der Waals surface area contributed by atoms with Crippen molar-refractivity contribution in [3.8, 4) is 0 Å². The molecule has 1 atom stereocenters. The maximum atomic E-state index is 13.7. The van der Waals surface area contributed by atoms with Gasteiger partial charge in [-0.1, -0.05) is 25.1 Å². The summed E-state index contributed by atoms with van der Waals surface area (Å²) >= 11 is 1.63. The molecule has 0 amide bonds. The normalized spacial score (nSPS) is 12.6. The van der Waals surface area contributed by atoms with Crippen molar-refractivity contribution in [3.05, 3.63) is 57.8 Å². The highest BCUT2D eigenvalue weighted by molar-refractivity contribution is 7.10. The van der Waals surface area contributed by atoms with E-state index in [0.717, 1.165) is 23.9 Å². The number of nitrogens with one attached hydrogen (secondary N) is 1. The van der Waals surface area contributed by atoms with Gasteiger partial charge in [0.15, 0.2) is 11.6 Å². The van der Waals surface area contributed by atoms with Crippen LogP contribution in [-0.4, -0.2) is 6.54 Å². The number of hydrogen-bond acceptors (Lipinski definition) is 2. The third-order valence-electron chi connectivity index (χ3n) is 2.98. The van der Waals surface area contributed by atoms with E-state index in [2.05, 4.69) is 12.2 Å². The van der Waals surface area contributed by atoms with Gasteiger partial charge in [0.1, 0.15) is 0 Å². The third kappa shape index (κ3) is 3.61. The van der Waals surface area contributed by atoms with Crippen LogP contribution in [0.4, 0.5) is 8.78 Å². The summed E-state index contributed by atoms with van der Waals surface area (Å²) in [5, 5.41) is 5.39. The fourth-order valence-electron chi connectivity index (χ4n) is 2.01. The van der Waals surface area contributed by atoms with Gasteiger partial charge in [0.25, 0.3) is 0 Å². The van der Waals surface area contributed by atoms with E-state index in [1.807, 2.05) is 17.5 Å². The van der Waals surface area contributed by atoms with Gasteiger partial charge in [0, 0.05) is 10.9 Å². The van der Waals surface area contributed by atoms with E-state index in [4.69, 9.17) is 0 Å². The second-order valence-electron chi connectivity index (χ2n) is 4.44. The van der Waals surface area contributed by atoms with Gasteiger partial charge >= 0.3 is 0 Å². The Bertz CT molecular complexity index is 511. The van der Waals surface area contributed by atoms with Crippen LogP contribution >= 0.6 is 11.3 Å². The molecule has 1 aromatic carbocycles. The molecule has 1 unspecified atom stereocenters. The smallest absolute Gasteiger partial charge is 0.162 e. The van der Waals surface area contributed by atoms with Crippen molar-refractivity contribution in [3.63, 3.8) is 0 Å². The molecule has 4 heteroatoms. The molecule has 19 heavy (non-hydrogen) atoms. The maximum absolute atomic E-state index is 13.7. The number of halogens is 2. The molecule has 0 saturated carbocycles. The van der Waals surface area contributed by atoms with E-state index in [1.165, 1.54) is 0 Å². The van der Waals surface area contributed by atoms with Gasteiger partial charge in [0.2, 0.25) is 0 Å². The zero-order valence-corrected chi connectivity index (χ0v) is 11.6. The quantitative estimate of drug-likeness (QED) is 0.832. The van der Waals surface area contributed by atoms with Crippen molar-refractivity contribution in [2.45, 2.75) is 25.8 Å². The fourth-order valence-corrected chi connectivity index (χ4v) is 2.81. The van der Waals surface area contributed by atoms with Gasteiger partial charge in [-0.15, -0.1) is 11.3 Å². The Labute approximate surface area is 116 Å². The van der Waals surface area contributed by atoms with E-state index in [-0.39, 0.29) is 6.04 Å². The van der Waals surface area contributed by atoms with E-state index in [1.54, 1.807) is 23.5 Å². The molecular weight excluding hydrogens is 264 g/mol. The van der Waals surface area contributed by atoms with Crippen LogP contribution in [0.25, 0.3) is 0 Å². The Kier molecular flexibility index (Phi) is 5.05. The van der Waals surface area contributed by atoms with E-state index >= 15 is 0 Å². The van der Waals surface area contributed by atoms with Crippen LogP contribution in [0.3, 0.4) is 0 Å². The lowest BCUT2D eigenvalue weighted by Gasteiger charge is -2.17. The van der Waals surface area contributed by atoms with Crippen LogP contribution in [0.5, 0.6) is 0 Å². The van der Waals surface area contributed by atoms with E-state index in [9.17, 15) is 8.78 Å². The molecule has 1 N–H and O–H groups in total. The van der Waals surface area contributed by atoms with Crippen molar-refractivity contribution < 1.29 is 8.78 Å². The average molecular weight is 281 g/mol. The van der Waals surface area contributed by atoms with Gasteiger partial charge in [-0.2, -0.15) is 0 Å². The topological polar surface area (TPSA) is 12.0 Å². The summed E-state index contributed by atoms with van der Waals surface area (Å²) in [6.45, 7) is 2.95. The average Bonchev–Trinajstić information content (AvgIpc) is 2.93. The number of benzene rings is 1. The molecular formula is C15H17F2NS. The molecule has 0 bridgehead atoms. The number of rotatable bonds is 6. The fraction of sp³-hybridized carbons (Fsp3) is 0.333. The van der Waals surface area contributed by atoms with Crippen molar-refractivity contribution in [2.75, 3.05) is 6.54 Å². The minimum atomic E-state index is -0.780. The monoisotopic (exact) mass is 281 g/mol. The summed E-state index contributed by atoms with van der Waals surface area (Å²) in [5.74, 6) is -1.51. The summed E-state index contributed by atoms with van der Waals surface area (Å²) < 4.78 is 27.0. The number of hydrogen-bond donors (Lipinski definition) is 1. The molecule has 1 aromatic heterocycles. The minimum Gasteiger partial charge on any atom is -0.309 e. The van der Waals surface area contributed by atoms with Crippen LogP contribution in [0.15, 0.2) is 35.7 Å². The van der Waals surface area contributed by atoms with Gasteiger partial charge in [-0.3, -0.25) is 0 Å². The highest BCUT2D eigenvalue weighted by atomic mass is 32.1. The Balaban J connectivity index is 2.18. The zero-order chi connectivity index (χ0) is 13.7. The van der Waals surface area contributed by atoms with Crippen LogP contribution in [-0.2, 0) is 6.42 Å². The first-order valence-electron chi connectivity index (χ1n) is 6.42. The Morgan fingerprint density at radius 3 is 2.74 bits per heavy atom. The van der Waals surface area contributed by atoms with E-state index in [0.29, 0.717) is 12.0 Å². The first-order valence-corrected chi connectivity index (χ1v) is 7.30. The highest BCUT2D eigenvalue weighted by Gasteiger charge is 2.16. The molecule has 1 nitrogen and oxygen atoms in total. The molecule has 0 aliphatic carbocycles. The molecule has 2 aromatic rings. The molecule has 1 heterocycles. The van der Waals surface area contributed by atoms with E-state index < -0.39 is 11.6 Å². The predicted octanol–water partition coefficient (Wildman–Crippen LogP) is 4.31. The lowest BCUT2D eigenvalue weighted by atomic mass is 10.0. The molecule has 0 aliphatic heterocycles. The minimum absolute atomic E-state index is 0.0382. The first-order chi connectivity index (χ1) is 9.22. The summed E-state index contributed by atoms with van der Waals surface area (Å²) in [5.41, 5.74) is 0.419. The lowest BCUT2D eigenvalue weighted by molar-refractivity contribution is 0.479. The summed E-state index contributed by atoms with van der Waals surface area (Å²) in [4.78, 5) is 1.15. The zero-order valence-electron chi connectivity index (χ0n) is 10.8. The van der Waals surface area contributed by atoms with Crippen LogP contribution < -0.4 is 5.32 Å². The summed E-state index contributed by atoms with van der Waals surface area (Å²) in [6.07, 6.45) is 1.47. The second kappa shape index (κ2) is 6.78. The first kappa shape index (κ1) is 14.2. The van der Waals surface area contributed by atoms with Crippen LogP contribution in [0, 0.1) is 11.6 Å². The van der Waals surface area contributed by atoms with Gasteiger partial charge < -0.3 is 5.32 Å². The Morgan fingerprint density at radius 1 is 1.21 bits per heavy atom. The Morgan fingerprint density at radius 2 is 2.05 bits per heavy atom. The second-order valence-corrected chi connectivity index (χ2v) is 5.42. The molecule has 0 saturated heterocycles. The molecule has 0 spiro atoms. The van der Waals surface area contributed by atoms with Gasteiger partial charge in [0.05, 0.1) is 0 Å². The Hall–Kier alpha value is -1.26. The van der Waals surface area contributed by atoms with Crippen LogP contribution in [0.1, 0.15) is 29.8 Å². The largest absolute Gasteiger partial charge is 0.309 e. The third-order valence-corrected chi connectivity index (χ3v) is 3.97. The van der Waals surface area contributed by atoms with Crippen molar-refractivity contribution in [2.24, 2.45) is 0 Å². The molecule has 102 valence electrons. The van der Waals surface area contributed by atoms with Crippen LogP contribution in [0.2, 0.25) is 0 Å².